The maximum atomic E-state index is 12.5. The molecule has 4 nitrogen and oxygen atoms in total. The van der Waals surface area contributed by atoms with Crippen molar-refractivity contribution in [2.75, 3.05) is 0 Å². The second-order valence-corrected chi connectivity index (χ2v) is 8.84. The summed E-state index contributed by atoms with van der Waals surface area (Å²) in [6.07, 6.45) is 3.65. The van der Waals surface area contributed by atoms with Crippen molar-refractivity contribution < 1.29 is 14.7 Å². The second kappa shape index (κ2) is 6.01. The smallest absolute Gasteiger partial charge is 0.308 e. The van der Waals surface area contributed by atoms with Gasteiger partial charge in [0.15, 0.2) is 0 Å². The van der Waals surface area contributed by atoms with Crippen molar-refractivity contribution in [3.05, 3.63) is 19.2 Å². The van der Waals surface area contributed by atoms with E-state index < -0.39 is 11.9 Å². The zero-order valence-corrected chi connectivity index (χ0v) is 15.2. The summed E-state index contributed by atoms with van der Waals surface area (Å²) >= 11 is 8.44. The molecule has 1 saturated heterocycles. The summed E-state index contributed by atoms with van der Waals surface area (Å²) in [5.41, 5.74) is 0. The number of hydrogen-bond acceptors (Lipinski definition) is 3. The third-order valence-electron chi connectivity index (χ3n) is 4.09. The predicted molar refractivity (Wildman–Crippen MR) is 87.3 cm³/mol. The minimum absolute atomic E-state index is 0.104. The number of nitrogens with zero attached hydrogens (tertiary/aromatic N) is 1. The van der Waals surface area contributed by atoms with Gasteiger partial charge in [-0.25, -0.2) is 0 Å². The molecular weight excluding hydrogens is 422 g/mol. The maximum absolute atomic E-state index is 12.5. The lowest BCUT2D eigenvalue weighted by Crippen LogP contribution is -2.40. The molecule has 1 aromatic rings. The number of carbonyl (C=O) groups excluding carboxylic acids is 1. The molecule has 1 aliphatic carbocycles. The van der Waals surface area contributed by atoms with Crippen LogP contribution in [0.5, 0.6) is 0 Å². The van der Waals surface area contributed by atoms with Gasteiger partial charge in [-0.1, -0.05) is 0 Å². The van der Waals surface area contributed by atoms with Gasteiger partial charge in [0.25, 0.3) is 0 Å². The maximum Gasteiger partial charge on any atom is 0.308 e. The number of aliphatic carboxylic acids is 1. The quantitative estimate of drug-likeness (QED) is 0.772. The summed E-state index contributed by atoms with van der Waals surface area (Å²) < 4.78 is 1.85. The summed E-state index contributed by atoms with van der Waals surface area (Å²) in [5, 5.41) is 9.62. The standard InChI is InChI=1S/C14H15Br2NO3S/c15-9-6-10(21-13(9)16)12-8(14(19)20)2-1-3-11(18)17(12)7-4-5-7/h6-8,12H,1-5H2,(H,19,20). The molecule has 1 saturated carbocycles. The van der Waals surface area contributed by atoms with Crippen LogP contribution in [0.15, 0.2) is 14.3 Å². The van der Waals surface area contributed by atoms with Crippen molar-refractivity contribution in [1.29, 1.82) is 0 Å². The molecule has 2 aliphatic rings. The molecule has 0 radical (unpaired) electrons. The van der Waals surface area contributed by atoms with Crippen LogP contribution in [-0.2, 0) is 9.59 Å². The molecule has 114 valence electrons. The highest BCUT2D eigenvalue weighted by atomic mass is 79.9. The highest BCUT2D eigenvalue weighted by Crippen LogP contribution is 2.46. The molecule has 2 fully saturated rings. The molecule has 2 heterocycles. The number of carboxylic acid groups (broad SMARTS) is 1. The average Bonchev–Trinajstić information content (AvgIpc) is 3.19. The summed E-state index contributed by atoms with van der Waals surface area (Å²) in [4.78, 5) is 27.0. The minimum atomic E-state index is -0.805. The molecule has 2 atom stereocenters. The van der Waals surface area contributed by atoms with Gasteiger partial charge in [-0.2, -0.15) is 0 Å². The van der Waals surface area contributed by atoms with Crippen molar-refractivity contribution in [3.8, 4) is 0 Å². The zero-order chi connectivity index (χ0) is 15.1. The van der Waals surface area contributed by atoms with Crippen molar-refractivity contribution in [3.63, 3.8) is 0 Å². The number of hydrogen-bond donors (Lipinski definition) is 1. The fourth-order valence-electron chi connectivity index (χ4n) is 3.00. The molecule has 21 heavy (non-hydrogen) atoms. The van der Waals surface area contributed by atoms with E-state index in [0.29, 0.717) is 19.3 Å². The number of halogens is 2. The first-order valence-electron chi connectivity index (χ1n) is 6.97. The molecule has 2 unspecified atom stereocenters. The number of likely N-dealkylation sites (tertiary alicyclic amines) is 1. The Labute approximate surface area is 143 Å². The average molecular weight is 437 g/mol. The van der Waals surface area contributed by atoms with Gasteiger partial charge in [-0.15, -0.1) is 11.3 Å². The lowest BCUT2D eigenvalue weighted by molar-refractivity contribution is -0.146. The first-order valence-corrected chi connectivity index (χ1v) is 9.38. The third kappa shape index (κ3) is 3.05. The van der Waals surface area contributed by atoms with Gasteiger partial charge in [0.1, 0.15) is 0 Å². The monoisotopic (exact) mass is 435 g/mol. The molecule has 0 aromatic carbocycles. The third-order valence-corrected chi connectivity index (χ3v) is 7.41. The molecule has 1 amide bonds. The Morgan fingerprint density at radius 1 is 1.33 bits per heavy atom. The molecular formula is C14H15Br2NO3S. The lowest BCUT2D eigenvalue weighted by atomic mass is 9.93. The number of amides is 1. The fourth-order valence-corrected chi connectivity index (χ4v) is 5.25. The largest absolute Gasteiger partial charge is 0.481 e. The Kier molecular flexibility index (Phi) is 4.43. The Bertz CT molecular complexity index is 565. The van der Waals surface area contributed by atoms with E-state index in [4.69, 9.17) is 0 Å². The highest BCUT2D eigenvalue weighted by molar-refractivity contribution is 9.13. The van der Waals surface area contributed by atoms with Crippen LogP contribution in [0.3, 0.4) is 0 Å². The Balaban J connectivity index is 2.05. The van der Waals surface area contributed by atoms with E-state index in [1.165, 1.54) is 11.3 Å². The van der Waals surface area contributed by atoms with E-state index in [9.17, 15) is 14.7 Å². The topological polar surface area (TPSA) is 57.6 Å². The van der Waals surface area contributed by atoms with E-state index in [1.54, 1.807) is 0 Å². The van der Waals surface area contributed by atoms with E-state index in [-0.39, 0.29) is 18.0 Å². The van der Waals surface area contributed by atoms with Crippen LogP contribution in [-0.4, -0.2) is 27.9 Å². The van der Waals surface area contributed by atoms with Crippen LogP contribution < -0.4 is 0 Å². The van der Waals surface area contributed by atoms with E-state index >= 15 is 0 Å². The van der Waals surface area contributed by atoms with Crippen LogP contribution in [0.2, 0.25) is 0 Å². The molecule has 3 rings (SSSR count). The molecule has 7 heteroatoms. The van der Waals surface area contributed by atoms with Gasteiger partial charge < -0.3 is 10.0 Å². The summed E-state index contributed by atoms with van der Waals surface area (Å²) in [5.74, 6) is -1.22. The Morgan fingerprint density at radius 2 is 2.05 bits per heavy atom. The van der Waals surface area contributed by atoms with Crippen molar-refractivity contribution in [1.82, 2.24) is 4.90 Å². The normalized spacial score (nSPS) is 26.8. The van der Waals surface area contributed by atoms with Gasteiger partial charge in [0.05, 0.1) is 15.7 Å². The van der Waals surface area contributed by atoms with E-state index in [1.807, 2.05) is 11.0 Å². The van der Waals surface area contributed by atoms with Crippen LogP contribution in [0.25, 0.3) is 0 Å². The van der Waals surface area contributed by atoms with Crippen LogP contribution in [0.4, 0.5) is 0 Å². The molecule has 1 aliphatic heterocycles. The summed E-state index contributed by atoms with van der Waals surface area (Å²) in [6.45, 7) is 0. The van der Waals surface area contributed by atoms with Crippen molar-refractivity contribution in [2.45, 2.75) is 44.2 Å². The Hall–Kier alpha value is -0.400. The summed E-state index contributed by atoms with van der Waals surface area (Å²) in [7, 11) is 0. The molecule has 0 spiro atoms. The second-order valence-electron chi connectivity index (χ2n) is 5.58. The van der Waals surface area contributed by atoms with E-state index in [2.05, 4.69) is 31.9 Å². The molecule has 1 aromatic heterocycles. The fraction of sp³-hybridized carbons (Fsp3) is 0.571. The van der Waals surface area contributed by atoms with Gasteiger partial charge in [-0.3, -0.25) is 9.59 Å². The van der Waals surface area contributed by atoms with Crippen LogP contribution >= 0.6 is 43.2 Å². The lowest BCUT2D eigenvalue weighted by Gasteiger charge is -2.33. The molecule has 0 bridgehead atoms. The van der Waals surface area contributed by atoms with Gasteiger partial charge >= 0.3 is 5.97 Å². The number of carboxylic acids is 1. The van der Waals surface area contributed by atoms with E-state index in [0.717, 1.165) is 26.0 Å². The summed E-state index contributed by atoms with van der Waals surface area (Å²) in [6, 6.07) is 1.84. The van der Waals surface area contributed by atoms with Gasteiger partial charge in [0.2, 0.25) is 5.91 Å². The predicted octanol–water partition coefficient (Wildman–Crippen LogP) is 4.19. The van der Waals surface area contributed by atoms with Gasteiger partial charge in [0, 0.05) is 21.8 Å². The SMILES string of the molecule is O=C(O)C1CCCC(=O)N(C2CC2)C1c1cc(Br)c(Br)s1. The van der Waals surface area contributed by atoms with Crippen molar-refractivity contribution in [2.24, 2.45) is 5.92 Å². The molecule has 1 N–H and O–H groups in total. The van der Waals surface area contributed by atoms with Crippen LogP contribution in [0, 0.1) is 5.92 Å². The first-order chi connectivity index (χ1) is 9.99. The van der Waals surface area contributed by atoms with Gasteiger partial charge in [-0.05, 0) is 63.6 Å². The Morgan fingerprint density at radius 3 is 2.57 bits per heavy atom. The van der Waals surface area contributed by atoms with Crippen LogP contribution in [0.1, 0.15) is 43.0 Å². The first kappa shape index (κ1) is 15.5. The highest BCUT2D eigenvalue weighted by Gasteiger charge is 2.45. The van der Waals surface area contributed by atoms with Crippen molar-refractivity contribution >= 4 is 55.1 Å². The number of carbonyl (C=O) groups is 2. The number of thiophene rings is 1. The zero-order valence-electron chi connectivity index (χ0n) is 11.2. The number of rotatable bonds is 3. The minimum Gasteiger partial charge on any atom is -0.481 e.